The number of imide groups is 1. The fraction of sp³-hybridized carbons (Fsp3) is 0.556. The molecule has 0 bridgehead atoms. The van der Waals surface area contributed by atoms with Crippen molar-refractivity contribution in [3.8, 4) is 0 Å². The lowest BCUT2D eigenvalue weighted by molar-refractivity contribution is -0.121. The summed E-state index contributed by atoms with van der Waals surface area (Å²) in [7, 11) is 0. The van der Waals surface area contributed by atoms with Crippen LogP contribution in [0.4, 0.5) is 4.79 Å². The van der Waals surface area contributed by atoms with Crippen LogP contribution < -0.4 is 5.32 Å². The third-order valence-corrected chi connectivity index (χ3v) is 2.31. The molecule has 2 heterocycles. The van der Waals surface area contributed by atoms with E-state index in [-0.39, 0.29) is 11.9 Å². The molecule has 1 fully saturated rings. The smallest absolute Gasteiger partial charge is 0.324 e. The van der Waals surface area contributed by atoms with Gasteiger partial charge in [-0.3, -0.25) is 10.1 Å². The van der Waals surface area contributed by atoms with Crippen molar-refractivity contribution in [2.45, 2.75) is 19.8 Å². The fourth-order valence-electron chi connectivity index (χ4n) is 1.48. The molecule has 0 aromatic carbocycles. The van der Waals surface area contributed by atoms with Gasteiger partial charge in [-0.2, -0.15) is 4.98 Å². The number of carbonyl (C=O) groups excluding carboxylic acids is 2. The minimum absolute atomic E-state index is 0.227. The molecule has 0 atom stereocenters. The van der Waals surface area contributed by atoms with Gasteiger partial charge in [0.25, 0.3) is 0 Å². The summed E-state index contributed by atoms with van der Waals surface area (Å²) in [6.07, 6.45) is 0.844. The number of hydrogen-bond donors (Lipinski definition) is 1. The van der Waals surface area contributed by atoms with Crippen LogP contribution >= 0.6 is 0 Å². The van der Waals surface area contributed by atoms with Crippen molar-refractivity contribution >= 4 is 11.9 Å². The molecule has 7 nitrogen and oxygen atoms in total. The first kappa shape index (κ1) is 10.6. The van der Waals surface area contributed by atoms with Crippen LogP contribution in [0.2, 0.25) is 0 Å². The molecule has 0 saturated carbocycles. The Hall–Kier alpha value is -1.92. The van der Waals surface area contributed by atoms with Crippen LogP contribution in [0.1, 0.15) is 18.1 Å². The first-order valence-corrected chi connectivity index (χ1v) is 5.03. The lowest BCUT2D eigenvalue weighted by Crippen LogP contribution is -2.49. The van der Waals surface area contributed by atoms with Crippen LogP contribution in [0.5, 0.6) is 0 Å². The second kappa shape index (κ2) is 4.30. The second-order valence-electron chi connectivity index (χ2n) is 3.58. The topological polar surface area (TPSA) is 88.3 Å². The van der Waals surface area contributed by atoms with Crippen molar-refractivity contribution in [2.75, 3.05) is 13.1 Å². The molecule has 2 rings (SSSR count). The first-order chi connectivity index (χ1) is 7.65. The van der Waals surface area contributed by atoms with Crippen LogP contribution in [-0.4, -0.2) is 40.1 Å². The second-order valence-corrected chi connectivity index (χ2v) is 3.58. The number of hydrogen-bond acceptors (Lipinski definition) is 5. The zero-order valence-electron chi connectivity index (χ0n) is 8.89. The molecular weight excluding hydrogens is 212 g/mol. The Morgan fingerprint density at radius 2 is 2.31 bits per heavy atom. The molecule has 1 aliphatic rings. The summed E-state index contributed by atoms with van der Waals surface area (Å²) < 4.78 is 4.93. The van der Waals surface area contributed by atoms with E-state index in [2.05, 4.69) is 15.5 Å². The van der Waals surface area contributed by atoms with E-state index in [9.17, 15) is 9.59 Å². The fourth-order valence-corrected chi connectivity index (χ4v) is 1.48. The molecule has 1 N–H and O–H groups in total. The Labute approximate surface area is 91.8 Å². The van der Waals surface area contributed by atoms with Crippen molar-refractivity contribution in [1.29, 1.82) is 0 Å². The summed E-state index contributed by atoms with van der Waals surface area (Å²) in [5, 5.41) is 5.90. The minimum atomic E-state index is -0.354. The number of urea groups is 1. The van der Waals surface area contributed by atoms with Gasteiger partial charge in [0.15, 0.2) is 5.82 Å². The highest BCUT2D eigenvalue weighted by atomic mass is 16.5. The highest BCUT2D eigenvalue weighted by Gasteiger charge is 2.22. The van der Waals surface area contributed by atoms with Gasteiger partial charge in [-0.1, -0.05) is 5.16 Å². The summed E-state index contributed by atoms with van der Waals surface area (Å²) in [6, 6.07) is -0.354. The van der Waals surface area contributed by atoms with E-state index in [0.717, 1.165) is 0 Å². The normalized spacial score (nSPS) is 16.4. The number of nitrogens with one attached hydrogen (secondary N) is 1. The van der Waals surface area contributed by atoms with E-state index in [0.29, 0.717) is 37.6 Å². The summed E-state index contributed by atoms with van der Waals surface area (Å²) in [5.74, 6) is 0.852. The molecule has 0 spiro atoms. The molecule has 0 unspecified atom stereocenters. The number of aromatic nitrogens is 2. The van der Waals surface area contributed by atoms with Crippen LogP contribution in [0, 0.1) is 6.92 Å². The van der Waals surface area contributed by atoms with Gasteiger partial charge in [-0.05, 0) is 6.92 Å². The standard InChI is InChI=1S/C9H12N4O3/c1-6-10-8(16-12-6)3-5-13-4-2-7(14)11-9(13)15/h2-5H2,1H3,(H,11,14,15). The average molecular weight is 224 g/mol. The third kappa shape index (κ3) is 2.36. The van der Waals surface area contributed by atoms with Gasteiger partial charge in [0.1, 0.15) is 0 Å². The van der Waals surface area contributed by atoms with E-state index >= 15 is 0 Å². The van der Waals surface area contributed by atoms with Gasteiger partial charge in [-0.25, -0.2) is 4.79 Å². The summed E-state index contributed by atoms with van der Waals surface area (Å²) in [5.41, 5.74) is 0. The predicted molar refractivity (Wildman–Crippen MR) is 52.5 cm³/mol. The number of amides is 3. The molecule has 0 radical (unpaired) electrons. The average Bonchev–Trinajstić information content (AvgIpc) is 2.63. The maximum absolute atomic E-state index is 11.4. The van der Waals surface area contributed by atoms with E-state index in [4.69, 9.17) is 4.52 Å². The molecule has 1 aromatic heterocycles. The van der Waals surface area contributed by atoms with Crippen LogP contribution in [0.3, 0.4) is 0 Å². The van der Waals surface area contributed by atoms with Gasteiger partial charge in [0, 0.05) is 25.9 Å². The zero-order chi connectivity index (χ0) is 11.5. The van der Waals surface area contributed by atoms with Crippen molar-refractivity contribution in [3.63, 3.8) is 0 Å². The van der Waals surface area contributed by atoms with Crippen LogP contribution in [-0.2, 0) is 11.2 Å². The summed E-state index contributed by atoms with van der Waals surface area (Å²) in [4.78, 5) is 27.8. The van der Waals surface area contributed by atoms with E-state index in [1.165, 1.54) is 0 Å². The quantitative estimate of drug-likeness (QED) is 0.772. The molecule has 1 aromatic rings. The van der Waals surface area contributed by atoms with Crippen molar-refractivity contribution < 1.29 is 14.1 Å². The molecule has 86 valence electrons. The molecule has 7 heteroatoms. The molecule has 3 amide bonds. The zero-order valence-corrected chi connectivity index (χ0v) is 8.89. The Morgan fingerprint density at radius 3 is 2.94 bits per heavy atom. The maximum atomic E-state index is 11.4. The van der Waals surface area contributed by atoms with Gasteiger partial charge < -0.3 is 9.42 Å². The summed E-state index contributed by atoms with van der Waals surface area (Å²) in [6.45, 7) is 2.65. The van der Waals surface area contributed by atoms with Crippen molar-refractivity contribution in [3.05, 3.63) is 11.7 Å². The van der Waals surface area contributed by atoms with Gasteiger partial charge in [0.2, 0.25) is 11.8 Å². The van der Waals surface area contributed by atoms with Gasteiger partial charge in [0.05, 0.1) is 0 Å². The van der Waals surface area contributed by atoms with Crippen molar-refractivity contribution in [2.24, 2.45) is 0 Å². The molecule has 16 heavy (non-hydrogen) atoms. The molecule has 1 saturated heterocycles. The van der Waals surface area contributed by atoms with E-state index in [1.54, 1.807) is 11.8 Å². The predicted octanol–water partition coefficient (Wildman–Crippen LogP) is -0.138. The minimum Gasteiger partial charge on any atom is -0.339 e. The Balaban J connectivity index is 1.86. The third-order valence-electron chi connectivity index (χ3n) is 2.31. The Morgan fingerprint density at radius 1 is 1.50 bits per heavy atom. The van der Waals surface area contributed by atoms with Crippen molar-refractivity contribution in [1.82, 2.24) is 20.4 Å². The molecule has 0 aliphatic carbocycles. The highest BCUT2D eigenvalue weighted by molar-refractivity contribution is 5.96. The number of nitrogens with zero attached hydrogens (tertiary/aromatic N) is 3. The van der Waals surface area contributed by atoms with Crippen LogP contribution in [0.15, 0.2) is 4.52 Å². The Bertz CT molecular complexity index is 415. The SMILES string of the molecule is Cc1noc(CCN2CCC(=O)NC2=O)n1. The van der Waals surface area contributed by atoms with Crippen LogP contribution in [0.25, 0.3) is 0 Å². The number of rotatable bonds is 3. The number of carbonyl (C=O) groups is 2. The largest absolute Gasteiger partial charge is 0.339 e. The van der Waals surface area contributed by atoms with Gasteiger partial charge in [-0.15, -0.1) is 0 Å². The highest BCUT2D eigenvalue weighted by Crippen LogP contribution is 2.03. The monoisotopic (exact) mass is 224 g/mol. The lowest BCUT2D eigenvalue weighted by atomic mass is 10.3. The Kier molecular flexibility index (Phi) is 2.84. The molecule has 1 aliphatic heterocycles. The van der Waals surface area contributed by atoms with E-state index in [1.807, 2.05) is 0 Å². The molecular formula is C9H12N4O3. The summed E-state index contributed by atoms with van der Waals surface area (Å²) >= 11 is 0. The maximum Gasteiger partial charge on any atom is 0.324 e. The lowest BCUT2D eigenvalue weighted by Gasteiger charge is -2.25. The van der Waals surface area contributed by atoms with E-state index < -0.39 is 0 Å². The van der Waals surface area contributed by atoms with Gasteiger partial charge >= 0.3 is 6.03 Å². The first-order valence-electron chi connectivity index (χ1n) is 5.03. The number of aryl methyl sites for hydroxylation is 1.